The second-order valence-corrected chi connectivity index (χ2v) is 8.97. The number of alkyl carbamates (subject to hydrolysis) is 1. The largest absolute Gasteiger partial charge is 0.497 e. The molecule has 0 aromatic heterocycles. The van der Waals surface area contributed by atoms with E-state index in [4.69, 9.17) is 23.7 Å². The summed E-state index contributed by atoms with van der Waals surface area (Å²) in [6.45, 7) is 9.58. The zero-order chi connectivity index (χ0) is 25.8. The number of amides is 1. The average molecular weight is 488 g/mol. The highest BCUT2D eigenvalue weighted by atomic mass is 16.6. The zero-order valence-corrected chi connectivity index (χ0v) is 21.2. The van der Waals surface area contributed by atoms with E-state index in [1.54, 1.807) is 35.0 Å². The van der Waals surface area contributed by atoms with E-state index >= 15 is 0 Å². The van der Waals surface area contributed by atoms with Gasteiger partial charge in [-0.3, -0.25) is 0 Å². The van der Waals surface area contributed by atoms with Gasteiger partial charge in [-0.1, -0.05) is 30.3 Å². The molecule has 2 N–H and O–H groups in total. The molecular weight excluding hydrogens is 450 g/mol. The van der Waals surface area contributed by atoms with Crippen molar-refractivity contribution in [1.29, 1.82) is 0 Å². The van der Waals surface area contributed by atoms with Crippen LogP contribution in [-0.2, 0) is 27.4 Å². The molecule has 0 spiro atoms. The van der Waals surface area contributed by atoms with Crippen LogP contribution < -0.4 is 14.8 Å². The van der Waals surface area contributed by atoms with Gasteiger partial charge in [-0.2, -0.15) is 0 Å². The first-order chi connectivity index (χ1) is 16.6. The standard InChI is InChI=1S/C27H37NO7/c1-7-24(29)25(34-17-20-10-14-22(32-6)15-11-20)23(28-26(30)35-27(2,3)4)18-33-16-19-8-12-21(31-5)13-9-19/h7-15,23-25,29H,1,16-18H2,2-6H3,(H,28,30)/t23-,24+,25+/m1/s1. The van der Waals surface area contributed by atoms with Crippen LogP contribution in [0.5, 0.6) is 11.5 Å². The Morgan fingerprint density at radius 3 is 1.94 bits per heavy atom. The van der Waals surface area contributed by atoms with E-state index in [1.807, 2.05) is 48.5 Å². The molecule has 2 rings (SSSR count). The van der Waals surface area contributed by atoms with E-state index in [1.165, 1.54) is 6.08 Å². The highest BCUT2D eigenvalue weighted by Crippen LogP contribution is 2.17. The molecule has 0 saturated heterocycles. The Morgan fingerprint density at radius 2 is 1.49 bits per heavy atom. The van der Waals surface area contributed by atoms with E-state index in [0.29, 0.717) is 6.61 Å². The highest BCUT2D eigenvalue weighted by Gasteiger charge is 2.31. The van der Waals surface area contributed by atoms with Crippen LogP contribution >= 0.6 is 0 Å². The van der Waals surface area contributed by atoms with Crippen LogP contribution in [0.25, 0.3) is 0 Å². The fraction of sp³-hybridized carbons (Fsp3) is 0.444. The monoisotopic (exact) mass is 487 g/mol. The van der Waals surface area contributed by atoms with Gasteiger partial charge in [0.2, 0.25) is 0 Å². The van der Waals surface area contributed by atoms with Gasteiger partial charge in [0, 0.05) is 0 Å². The summed E-state index contributed by atoms with van der Waals surface area (Å²) in [5.41, 5.74) is 1.12. The third kappa shape index (κ3) is 9.98. The lowest BCUT2D eigenvalue weighted by atomic mass is 10.1. The minimum Gasteiger partial charge on any atom is -0.497 e. The maximum atomic E-state index is 12.6. The van der Waals surface area contributed by atoms with Gasteiger partial charge in [-0.15, -0.1) is 6.58 Å². The fourth-order valence-electron chi connectivity index (χ4n) is 3.20. The lowest BCUT2D eigenvalue weighted by Crippen LogP contribution is -2.52. The van der Waals surface area contributed by atoms with Gasteiger partial charge < -0.3 is 34.1 Å². The van der Waals surface area contributed by atoms with Gasteiger partial charge in [-0.25, -0.2) is 4.79 Å². The molecule has 192 valence electrons. The number of hydrogen-bond acceptors (Lipinski definition) is 7. The van der Waals surface area contributed by atoms with E-state index in [0.717, 1.165) is 22.6 Å². The topological polar surface area (TPSA) is 95.5 Å². The van der Waals surface area contributed by atoms with Crippen LogP contribution in [0.3, 0.4) is 0 Å². The molecule has 1 amide bonds. The third-order valence-electron chi connectivity index (χ3n) is 5.00. The second kappa shape index (κ2) is 13.7. The zero-order valence-electron chi connectivity index (χ0n) is 21.2. The Morgan fingerprint density at radius 1 is 0.971 bits per heavy atom. The Balaban J connectivity index is 2.13. The SMILES string of the molecule is C=C[C@H](O)[C@@H](OCc1ccc(OC)cc1)[C@@H](COCc1ccc(OC)cc1)NC(=O)OC(C)(C)C. The summed E-state index contributed by atoms with van der Waals surface area (Å²) in [6.07, 6.45) is -1.16. The summed E-state index contributed by atoms with van der Waals surface area (Å²) in [5.74, 6) is 1.48. The lowest BCUT2D eigenvalue weighted by Gasteiger charge is -2.31. The molecule has 0 fully saturated rings. The van der Waals surface area contributed by atoms with E-state index in [-0.39, 0.29) is 13.2 Å². The molecule has 3 atom stereocenters. The molecule has 8 nitrogen and oxygen atoms in total. The Labute approximate surface area is 207 Å². The van der Waals surface area contributed by atoms with Crippen molar-refractivity contribution in [1.82, 2.24) is 5.32 Å². The molecule has 0 radical (unpaired) electrons. The summed E-state index contributed by atoms with van der Waals surface area (Å²) < 4.78 is 27.7. The number of nitrogens with one attached hydrogen (secondary N) is 1. The minimum atomic E-state index is -1.06. The van der Waals surface area contributed by atoms with Gasteiger partial charge in [-0.05, 0) is 56.2 Å². The smallest absolute Gasteiger partial charge is 0.408 e. The molecular formula is C27H37NO7. The number of aliphatic hydroxyl groups excluding tert-OH is 1. The number of carbonyl (C=O) groups excluding carboxylic acids is 1. The van der Waals surface area contributed by atoms with Crippen LogP contribution in [0.15, 0.2) is 61.2 Å². The average Bonchev–Trinajstić information content (AvgIpc) is 2.83. The van der Waals surface area contributed by atoms with Crippen molar-refractivity contribution in [2.45, 2.75) is 57.8 Å². The molecule has 0 aliphatic rings. The van der Waals surface area contributed by atoms with Crippen molar-refractivity contribution in [2.24, 2.45) is 0 Å². The number of benzene rings is 2. The number of hydrogen-bond donors (Lipinski definition) is 2. The summed E-state index contributed by atoms with van der Waals surface area (Å²) in [4.78, 5) is 12.6. The first-order valence-corrected chi connectivity index (χ1v) is 11.4. The summed E-state index contributed by atoms with van der Waals surface area (Å²) in [5, 5.41) is 13.4. The Kier molecular flexibility index (Phi) is 11.0. The molecule has 0 aliphatic heterocycles. The Bertz CT molecular complexity index is 907. The summed E-state index contributed by atoms with van der Waals surface area (Å²) in [7, 11) is 3.20. The fourth-order valence-corrected chi connectivity index (χ4v) is 3.20. The molecule has 35 heavy (non-hydrogen) atoms. The van der Waals surface area contributed by atoms with E-state index < -0.39 is 29.9 Å². The van der Waals surface area contributed by atoms with Gasteiger partial charge in [0.05, 0.1) is 40.1 Å². The highest BCUT2D eigenvalue weighted by molar-refractivity contribution is 5.68. The molecule has 2 aromatic carbocycles. The number of methoxy groups -OCH3 is 2. The predicted molar refractivity (Wildman–Crippen MR) is 134 cm³/mol. The number of carbonyl (C=O) groups is 1. The van der Waals surface area contributed by atoms with Crippen LogP contribution in [0.1, 0.15) is 31.9 Å². The van der Waals surface area contributed by atoms with Crippen molar-refractivity contribution in [3.8, 4) is 11.5 Å². The first kappa shape index (κ1) is 28.2. The lowest BCUT2D eigenvalue weighted by molar-refractivity contribution is -0.0661. The quantitative estimate of drug-likeness (QED) is 0.408. The first-order valence-electron chi connectivity index (χ1n) is 11.4. The minimum absolute atomic E-state index is 0.0729. The molecule has 0 saturated carbocycles. The molecule has 2 aromatic rings. The van der Waals surface area contributed by atoms with Crippen LogP contribution in [0.2, 0.25) is 0 Å². The molecule has 0 unspecified atom stereocenters. The number of ether oxygens (including phenoxy) is 5. The molecule has 0 aliphatic carbocycles. The molecule has 0 heterocycles. The predicted octanol–water partition coefficient (Wildman–Crippen LogP) is 4.25. The maximum absolute atomic E-state index is 12.6. The Hall–Kier alpha value is -3.07. The third-order valence-corrected chi connectivity index (χ3v) is 5.00. The van der Waals surface area contributed by atoms with Crippen LogP contribution in [0.4, 0.5) is 4.79 Å². The van der Waals surface area contributed by atoms with Crippen molar-refractivity contribution >= 4 is 6.09 Å². The van der Waals surface area contributed by atoms with E-state index in [9.17, 15) is 9.90 Å². The van der Waals surface area contributed by atoms with Crippen LogP contribution in [0, 0.1) is 0 Å². The van der Waals surface area contributed by atoms with Crippen molar-refractivity contribution in [2.75, 3.05) is 20.8 Å². The van der Waals surface area contributed by atoms with Crippen molar-refractivity contribution < 1.29 is 33.6 Å². The maximum Gasteiger partial charge on any atom is 0.408 e. The van der Waals surface area contributed by atoms with Gasteiger partial charge >= 0.3 is 6.09 Å². The van der Waals surface area contributed by atoms with Gasteiger partial charge in [0.15, 0.2) is 0 Å². The van der Waals surface area contributed by atoms with Gasteiger partial charge in [0.25, 0.3) is 0 Å². The van der Waals surface area contributed by atoms with Gasteiger partial charge in [0.1, 0.15) is 29.3 Å². The van der Waals surface area contributed by atoms with Crippen LogP contribution in [-0.4, -0.2) is 55.9 Å². The number of rotatable bonds is 13. The summed E-state index contributed by atoms with van der Waals surface area (Å²) in [6, 6.07) is 14.2. The van der Waals surface area contributed by atoms with Crippen molar-refractivity contribution in [3.05, 3.63) is 72.3 Å². The molecule has 8 heteroatoms. The summed E-state index contributed by atoms with van der Waals surface area (Å²) >= 11 is 0. The van der Waals surface area contributed by atoms with E-state index in [2.05, 4.69) is 11.9 Å². The second-order valence-electron chi connectivity index (χ2n) is 8.97. The normalized spacial score (nSPS) is 13.9. The van der Waals surface area contributed by atoms with Crippen molar-refractivity contribution in [3.63, 3.8) is 0 Å². The molecule has 0 bridgehead atoms. The number of aliphatic hydroxyl groups is 1.